The maximum atomic E-state index is 2.34. The molecule has 0 aliphatic carbocycles. The molecule has 1 atom stereocenters. The first-order valence-corrected chi connectivity index (χ1v) is 6.73. The normalized spacial score (nSPS) is 13.0. The van der Waals surface area contributed by atoms with E-state index in [2.05, 4.69) is 85.6 Å². The number of likely N-dealkylation sites (N-methyl/N-ethyl adjacent to an activating group) is 1. The van der Waals surface area contributed by atoms with Crippen LogP contribution in [-0.2, 0) is 6.54 Å². The van der Waals surface area contributed by atoms with Gasteiger partial charge in [-0.25, -0.2) is 0 Å². The molecule has 0 spiro atoms. The molecular formula is C18H21N. The van der Waals surface area contributed by atoms with Gasteiger partial charge in [-0.05, 0) is 25.1 Å². The minimum atomic E-state index is 0.417. The second-order valence-corrected chi connectivity index (χ2v) is 4.91. The molecule has 1 nitrogen and oxygen atoms in total. The second-order valence-electron chi connectivity index (χ2n) is 4.91. The molecule has 0 heterocycles. The van der Waals surface area contributed by atoms with Crippen LogP contribution < -0.4 is 0 Å². The predicted molar refractivity (Wildman–Crippen MR) is 82.8 cm³/mol. The third-order valence-electron chi connectivity index (χ3n) is 3.34. The minimum absolute atomic E-state index is 0.417. The van der Waals surface area contributed by atoms with Crippen LogP contribution in [0, 0.1) is 0 Å². The predicted octanol–water partition coefficient (Wildman–Crippen LogP) is 4.22. The Bertz CT molecular complexity index is 502. The second kappa shape index (κ2) is 6.91. The molecule has 0 saturated heterocycles. The SMILES string of the molecule is CC(/C=C/c1ccccc1)N(C)Cc1ccccc1. The monoisotopic (exact) mass is 251 g/mol. The molecule has 0 amide bonds. The average molecular weight is 251 g/mol. The summed E-state index contributed by atoms with van der Waals surface area (Å²) in [7, 11) is 2.16. The summed E-state index contributed by atoms with van der Waals surface area (Å²) in [6, 6.07) is 21.4. The van der Waals surface area contributed by atoms with Crippen molar-refractivity contribution in [1.29, 1.82) is 0 Å². The van der Waals surface area contributed by atoms with Crippen molar-refractivity contribution in [3.8, 4) is 0 Å². The van der Waals surface area contributed by atoms with E-state index in [0.29, 0.717) is 6.04 Å². The number of nitrogens with zero attached hydrogens (tertiary/aromatic N) is 1. The Balaban J connectivity index is 1.92. The third kappa shape index (κ3) is 4.38. The number of benzene rings is 2. The van der Waals surface area contributed by atoms with E-state index >= 15 is 0 Å². The van der Waals surface area contributed by atoms with Crippen LogP contribution in [0.5, 0.6) is 0 Å². The zero-order valence-electron chi connectivity index (χ0n) is 11.7. The van der Waals surface area contributed by atoms with Gasteiger partial charge in [0.1, 0.15) is 0 Å². The first-order chi connectivity index (χ1) is 9.25. The third-order valence-corrected chi connectivity index (χ3v) is 3.34. The Morgan fingerprint density at radius 1 is 0.947 bits per heavy atom. The van der Waals surface area contributed by atoms with E-state index in [9.17, 15) is 0 Å². The van der Waals surface area contributed by atoms with Crippen molar-refractivity contribution in [2.75, 3.05) is 7.05 Å². The first kappa shape index (κ1) is 13.6. The van der Waals surface area contributed by atoms with Crippen LogP contribution in [0.1, 0.15) is 18.1 Å². The molecule has 2 aromatic rings. The standard InChI is InChI=1S/C18H21N/c1-16(13-14-17-9-5-3-6-10-17)19(2)15-18-11-7-4-8-12-18/h3-14,16H,15H2,1-2H3/b14-13+. The molecule has 0 aliphatic heterocycles. The van der Waals surface area contributed by atoms with E-state index in [4.69, 9.17) is 0 Å². The molecule has 0 aliphatic rings. The van der Waals surface area contributed by atoms with Crippen LogP contribution in [0.4, 0.5) is 0 Å². The first-order valence-electron chi connectivity index (χ1n) is 6.73. The van der Waals surface area contributed by atoms with Crippen LogP contribution in [0.2, 0.25) is 0 Å². The highest BCUT2D eigenvalue weighted by molar-refractivity contribution is 5.49. The Morgan fingerprint density at radius 2 is 1.53 bits per heavy atom. The lowest BCUT2D eigenvalue weighted by Crippen LogP contribution is -2.26. The highest BCUT2D eigenvalue weighted by Crippen LogP contribution is 2.09. The fourth-order valence-electron chi connectivity index (χ4n) is 1.98. The molecule has 19 heavy (non-hydrogen) atoms. The van der Waals surface area contributed by atoms with Crippen molar-refractivity contribution in [2.45, 2.75) is 19.5 Å². The maximum Gasteiger partial charge on any atom is 0.0253 e. The van der Waals surface area contributed by atoms with E-state index < -0.39 is 0 Å². The quantitative estimate of drug-likeness (QED) is 0.769. The molecule has 1 heteroatoms. The minimum Gasteiger partial charge on any atom is -0.296 e. The molecular weight excluding hydrogens is 230 g/mol. The highest BCUT2D eigenvalue weighted by atomic mass is 15.1. The Morgan fingerprint density at radius 3 is 2.16 bits per heavy atom. The number of hydrogen-bond acceptors (Lipinski definition) is 1. The van der Waals surface area contributed by atoms with Crippen LogP contribution in [-0.4, -0.2) is 18.0 Å². The van der Waals surface area contributed by atoms with Crippen molar-refractivity contribution in [3.05, 3.63) is 77.9 Å². The molecule has 0 N–H and O–H groups in total. The summed E-state index contributed by atoms with van der Waals surface area (Å²) in [5.41, 5.74) is 2.60. The molecule has 0 bridgehead atoms. The highest BCUT2D eigenvalue weighted by Gasteiger charge is 2.05. The summed E-state index contributed by atoms with van der Waals surface area (Å²) in [4.78, 5) is 2.34. The summed E-state index contributed by atoms with van der Waals surface area (Å²) in [6.07, 6.45) is 4.43. The Hall–Kier alpha value is -1.86. The molecule has 98 valence electrons. The van der Waals surface area contributed by atoms with E-state index in [-0.39, 0.29) is 0 Å². The van der Waals surface area contributed by atoms with Crippen LogP contribution in [0.25, 0.3) is 6.08 Å². The van der Waals surface area contributed by atoms with Crippen LogP contribution in [0.3, 0.4) is 0 Å². The zero-order valence-corrected chi connectivity index (χ0v) is 11.7. The molecule has 2 rings (SSSR count). The van der Waals surface area contributed by atoms with Crippen LogP contribution >= 0.6 is 0 Å². The summed E-state index contributed by atoms with van der Waals surface area (Å²) in [6.45, 7) is 3.20. The summed E-state index contributed by atoms with van der Waals surface area (Å²) in [5, 5.41) is 0. The van der Waals surface area contributed by atoms with Gasteiger partial charge in [0.2, 0.25) is 0 Å². The van der Waals surface area contributed by atoms with Crippen molar-refractivity contribution >= 4 is 6.08 Å². The van der Waals surface area contributed by atoms with Gasteiger partial charge < -0.3 is 0 Å². The summed E-state index contributed by atoms with van der Waals surface area (Å²) in [5.74, 6) is 0. The molecule has 0 saturated carbocycles. The van der Waals surface area contributed by atoms with Gasteiger partial charge in [-0.15, -0.1) is 0 Å². The Labute approximate surface area is 116 Å². The van der Waals surface area contributed by atoms with Crippen molar-refractivity contribution in [1.82, 2.24) is 4.90 Å². The molecule has 0 fully saturated rings. The van der Waals surface area contributed by atoms with Crippen LogP contribution in [0.15, 0.2) is 66.7 Å². The van der Waals surface area contributed by atoms with E-state index in [1.165, 1.54) is 11.1 Å². The Kier molecular flexibility index (Phi) is 4.93. The molecule has 2 aromatic carbocycles. The molecule has 0 radical (unpaired) electrons. The number of rotatable bonds is 5. The molecule has 0 aromatic heterocycles. The fourth-order valence-corrected chi connectivity index (χ4v) is 1.98. The average Bonchev–Trinajstić information content (AvgIpc) is 2.47. The lowest BCUT2D eigenvalue weighted by Gasteiger charge is -2.22. The van der Waals surface area contributed by atoms with Gasteiger partial charge in [-0.2, -0.15) is 0 Å². The van der Waals surface area contributed by atoms with Gasteiger partial charge in [0.25, 0.3) is 0 Å². The van der Waals surface area contributed by atoms with Gasteiger partial charge in [-0.3, -0.25) is 4.90 Å². The smallest absolute Gasteiger partial charge is 0.0253 e. The number of hydrogen-bond donors (Lipinski definition) is 0. The largest absolute Gasteiger partial charge is 0.296 e. The fraction of sp³-hybridized carbons (Fsp3) is 0.222. The zero-order chi connectivity index (χ0) is 13.5. The topological polar surface area (TPSA) is 3.24 Å². The lowest BCUT2D eigenvalue weighted by molar-refractivity contribution is 0.289. The summed E-state index contributed by atoms with van der Waals surface area (Å²) >= 11 is 0. The van der Waals surface area contributed by atoms with E-state index in [1.54, 1.807) is 0 Å². The van der Waals surface area contributed by atoms with Crippen molar-refractivity contribution < 1.29 is 0 Å². The maximum absolute atomic E-state index is 2.34. The van der Waals surface area contributed by atoms with Gasteiger partial charge >= 0.3 is 0 Å². The van der Waals surface area contributed by atoms with E-state index in [0.717, 1.165) is 6.54 Å². The lowest BCUT2D eigenvalue weighted by atomic mass is 10.1. The van der Waals surface area contributed by atoms with E-state index in [1.807, 2.05) is 6.07 Å². The van der Waals surface area contributed by atoms with Crippen molar-refractivity contribution in [2.24, 2.45) is 0 Å². The van der Waals surface area contributed by atoms with Gasteiger partial charge in [-0.1, -0.05) is 72.8 Å². The summed E-state index contributed by atoms with van der Waals surface area (Å²) < 4.78 is 0. The van der Waals surface area contributed by atoms with Crippen molar-refractivity contribution in [3.63, 3.8) is 0 Å². The van der Waals surface area contributed by atoms with Gasteiger partial charge in [0.15, 0.2) is 0 Å². The van der Waals surface area contributed by atoms with Gasteiger partial charge in [0, 0.05) is 12.6 Å². The molecule has 1 unspecified atom stereocenters. The van der Waals surface area contributed by atoms with Gasteiger partial charge in [0.05, 0.1) is 0 Å².